The van der Waals surface area contributed by atoms with Gasteiger partial charge in [0.05, 0.1) is 0 Å². The van der Waals surface area contributed by atoms with Crippen LogP contribution in [0.4, 0.5) is 4.39 Å². The fourth-order valence-electron chi connectivity index (χ4n) is 1.72. The molecule has 0 bridgehead atoms. The highest BCUT2D eigenvalue weighted by Crippen LogP contribution is 2.10. The van der Waals surface area contributed by atoms with Crippen LogP contribution in [-0.4, -0.2) is 5.78 Å². The Morgan fingerprint density at radius 3 is 2.61 bits per heavy atom. The van der Waals surface area contributed by atoms with E-state index in [2.05, 4.69) is 0 Å². The van der Waals surface area contributed by atoms with Crippen molar-refractivity contribution in [3.8, 4) is 0 Å². The maximum Gasteiger partial charge on any atom is 0.186 e. The monoisotopic (exact) mass is 240 g/mol. The summed E-state index contributed by atoms with van der Waals surface area (Å²) in [7, 11) is 0. The molecule has 2 rings (SSSR count). The maximum atomic E-state index is 13.0. The van der Waals surface area contributed by atoms with Crippen LogP contribution in [0.3, 0.4) is 0 Å². The average molecular weight is 240 g/mol. The van der Waals surface area contributed by atoms with E-state index >= 15 is 0 Å². The number of halogens is 1. The zero-order valence-electron chi connectivity index (χ0n) is 10.1. The molecule has 0 saturated carbocycles. The molecule has 0 aromatic heterocycles. The first kappa shape index (κ1) is 12.2. The molecule has 0 fully saturated rings. The zero-order chi connectivity index (χ0) is 13.0. The third-order valence-corrected chi connectivity index (χ3v) is 2.69. The Morgan fingerprint density at radius 1 is 1.11 bits per heavy atom. The number of benzene rings is 2. The lowest BCUT2D eigenvalue weighted by Gasteiger charge is -2.00. The van der Waals surface area contributed by atoms with Crippen molar-refractivity contribution in [3.05, 3.63) is 77.1 Å². The molecule has 1 nitrogen and oxygen atoms in total. The summed E-state index contributed by atoms with van der Waals surface area (Å²) in [6.45, 7) is 1.89. The summed E-state index contributed by atoms with van der Waals surface area (Å²) in [6, 6.07) is 13.5. The highest BCUT2D eigenvalue weighted by molar-refractivity contribution is 6.07. The van der Waals surface area contributed by atoms with E-state index < -0.39 is 0 Å². The van der Waals surface area contributed by atoms with Crippen molar-refractivity contribution in [1.29, 1.82) is 0 Å². The second-order valence-corrected chi connectivity index (χ2v) is 4.07. The minimum Gasteiger partial charge on any atom is -0.289 e. The molecular formula is C16H13FO. The highest BCUT2D eigenvalue weighted by atomic mass is 19.1. The summed E-state index contributed by atoms with van der Waals surface area (Å²) in [5.41, 5.74) is 2.29. The fourth-order valence-corrected chi connectivity index (χ4v) is 1.72. The topological polar surface area (TPSA) is 17.1 Å². The van der Waals surface area contributed by atoms with Crippen molar-refractivity contribution in [2.24, 2.45) is 0 Å². The molecule has 0 amide bonds. The van der Waals surface area contributed by atoms with Crippen molar-refractivity contribution in [3.63, 3.8) is 0 Å². The van der Waals surface area contributed by atoms with E-state index in [1.807, 2.05) is 25.1 Å². The molecule has 0 aliphatic heterocycles. The van der Waals surface area contributed by atoms with Gasteiger partial charge in [0, 0.05) is 5.56 Å². The van der Waals surface area contributed by atoms with Crippen molar-refractivity contribution in [2.45, 2.75) is 6.92 Å². The molecular weight excluding hydrogens is 227 g/mol. The van der Waals surface area contributed by atoms with Gasteiger partial charge in [0.1, 0.15) is 5.82 Å². The normalized spacial score (nSPS) is 10.8. The van der Waals surface area contributed by atoms with Crippen molar-refractivity contribution >= 4 is 11.9 Å². The van der Waals surface area contributed by atoms with Crippen LogP contribution < -0.4 is 0 Å². The number of aryl methyl sites for hydroxylation is 1. The minimum atomic E-state index is -0.305. The highest BCUT2D eigenvalue weighted by Gasteiger charge is 2.03. The molecule has 0 heterocycles. The van der Waals surface area contributed by atoms with Gasteiger partial charge in [-0.2, -0.15) is 0 Å². The van der Waals surface area contributed by atoms with E-state index in [0.717, 1.165) is 5.56 Å². The van der Waals surface area contributed by atoms with Crippen LogP contribution in [0.15, 0.2) is 54.6 Å². The van der Waals surface area contributed by atoms with Crippen LogP contribution in [0.1, 0.15) is 21.5 Å². The van der Waals surface area contributed by atoms with Gasteiger partial charge < -0.3 is 0 Å². The lowest BCUT2D eigenvalue weighted by atomic mass is 10.0. The smallest absolute Gasteiger partial charge is 0.186 e. The largest absolute Gasteiger partial charge is 0.289 e. The van der Waals surface area contributed by atoms with E-state index in [4.69, 9.17) is 0 Å². The Hall–Kier alpha value is -2.22. The minimum absolute atomic E-state index is 0.0719. The van der Waals surface area contributed by atoms with E-state index in [0.29, 0.717) is 11.1 Å². The molecule has 2 aromatic rings. The SMILES string of the molecule is Cc1ccccc1C(=O)C=Cc1cccc(F)c1. The van der Waals surface area contributed by atoms with E-state index in [1.54, 1.807) is 24.3 Å². The van der Waals surface area contributed by atoms with Gasteiger partial charge >= 0.3 is 0 Å². The number of ketones is 1. The lowest BCUT2D eigenvalue weighted by molar-refractivity contribution is 0.104. The van der Waals surface area contributed by atoms with Gasteiger partial charge in [-0.1, -0.05) is 42.5 Å². The standard InChI is InChI=1S/C16H13FO/c1-12-5-2-3-8-15(12)16(18)10-9-13-6-4-7-14(17)11-13/h2-11H,1H3. The fraction of sp³-hybridized carbons (Fsp3) is 0.0625. The summed E-state index contributed by atoms with van der Waals surface area (Å²) >= 11 is 0. The Balaban J connectivity index is 2.20. The zero-order valence-corrected chi connectivity index (χ0v) is 10.1. The number of carbonyl (C=O) groups excluding carboxylic acids is 1. The summed E-state index contributed by atoms with van der Waals surface area (Å²) in [5.74, 6) is -0.377. The molecule has 90 valence electrons. The van der Waals surface area contributed by atoms with Crippen LogP contribution in [0.25, 0.3) is 6.08 Å². The first-order valence-electron chi connectivity index (χ1n) is 5.70. The Labute approximate surface area is 106 Å². The second kappa shape index (κ2) is 5.41. The number of carbonyl (C=O) groups is 1. The molecule has 0 saturated heterocycles. The third kappa shape index (κ3) is 2.92. The van der Waals surface area contributed by atoms with Gasteiger partial charge in [0.2, 0.25) is 0 Å². The first-order chi connectivity index (χ1) is 8.66. The van der Waals surface area contributed by atoms with Gasteiger partial charge in [-0.05, 0) is 36.3 Å². The molecule has 2 heteroatoms. The number of hydrogen-bond acceptors (Lipinski definition) is 1. The molecule has 18 heavy (non-hydrogen) atoms. The summed E-state index contributed by atoms with van der Waals surface area (Å²) in [4.78, 5) is 11.9. The van der Waals surface area contributed by atoms with Gasteiger partial charge in [-0.3, -0.25) is 4.79 Å². The Kier molecular flexibility index (Phi) is 3.68. The summed E-state index contributed by atoms with van der Waals surface area (Å²) in [5, 5.41) is 0. The number of allylic oxidation sites excluding steroid dienone is 1. The molecule has 0 spiro atoms. The molecule has 2 aromatic carbocycles. The van der Waals surface area contributed by atoms with Crippen molar-refractivity contribution < 1.29 is 9.18 Å². The summed E-state index contributed by atoms with van der Waals surface area (Å²) < 4.78 is 13.0. The molecule has 0 unspecified atom stereocenters. The van der Waals surface area contributed by atoms with Crippen LogP contribution in [0, 0.1) is 12.7 Å². The average Bonchev–Trinajstić information content (AvgIpc) is 2.37. The van der Waals surface area contributed by atoms with E-state index in [1.165, 1.54) is 18.2 Å². The second-order valence-electron chi connectivity index (χ2n) is 4.07. The van der Waals surface area contributed by atoms with Gasteiger partial charge in [-0.25, -0.2) is 4.39 Å². The Morgan fingerprint density at radius 2 is 1.89 bits per heavy atom. The predicted octanol–water partition coefficient (Wildman–Crippen LogP) is 4.03. The third-order valence-electron chi connectivity index (χ3n) is 2.69. The first-order valence-corrected chi connectivity index (χ1v) is 5.70. The Bertz CT molecular complexity index is 600. The summed E-state index contributed by atoms with van der Waals surface area (Å²) in [6.07, 6.45) is 3.09. The van der Waals surface area contributed by atoms with E-state index in [9.17, 15) is 9.18 Å². The van der Waals surface area contributed by atoms with Crippen LogP contribution >= 0.6 is 0 Å². The van der Waals surface area contributed by atoms with E-state index in [-0.39, 0.29) is 11.6 Å². The van der Waals surface area contributed by atoms with Gasteiger partial charge in [0.25, 0.3) is 0 Å². The van der Waals surface area contributed by atoms with Crippen LogP contribution in [0.5, 0.6) is 0 Å². The number of hydrogen-bond donors (Lipinski definition) is 0. The molecule has 0 atom stereocenters. The molecule has 0 aliphatic rings. The van der Waals surface area contributed by atoms with Gasteiger partial charge in [0.15, 0.2) is 5.78 Å². The molecule has 0 aliphatic carbocycles. The molecule has 0 radical (unpaired) electrons. The van der Waals surface area contributed by atoms with Crippen molar-refractivity contribution in [2.75, 3.05) is 0 Å². The lowest BCUT2D eigenvalue weighted by Crippen LogP contribution is -1.96. The van der Waals surface area contributed by atoms with Crippen LogP contribution in [0.2, 0.25) is 0 Å². The number of rotatable bonds is 3. The molecule has 0 N–H and O–H groups in total. The quantitative estimate of drug-likeness (QED) is 0.584. The van der Waals surface area contributed by atoms with Gasteiger partial charge in [-0.15, -0.1) is 0 Å². The maximum absolute atomic E-state index is 13.0. The van der Waals surface area contributed by atoms with Crippen molar-refractivity contribution in [1.82, 2.24) is 0 Å². The predicted molar refractivity (Wildman–Crippen MR) is 70.9 cm³/mol. The van der Waals surface area contributed by atoms with Crippen LogP contribution in [-0.2, 0) is 0 Å².